The van der Waals surface area contributed by atoms with Crippen LogP contribution in [0.15, 0.2) is 41.9 Å². The molecule has 0 amide bonds. The van der Waals surface area contributed by atoms with Gasteiger partial charge in [0.15, 0.2) is 11.0 Å². The average molecular weight is 316 g/mol. The van der Waals surface area contributed by atoms with Crippen LogP contribution in [-0.2, 0) is 0 Å². The van der Waals surface area contributed by atoms with Crippen LogP contribution in [-0.4, -0.2) is 15.7 Å². The minimum Gasteiger partial charge on any atom is -0.270 e. The highest BCUT2D eigenvalue weighted by Gasteiger charge is 2.03. The summed E-state index contributed by atoms with van der Waals surface area (Å²) in [6.07, 6.45) is 5.78. The first kappa shape index (κ1) is 19.5. The fraction of sp³-hybridized carbons (Fsp3) is 0.429. The van der Waals surface area contributed by atoms with E-state index in [1.54, 1.807) is 24.5 Å². The second-order valence-electron chi connectivity index (χ2n) is 3.93. The molecule has 4 nitrogen and oxygen atoms in total. The predicted octanol–water partition coefficient (Wildman–Crippen LogP) is 4.37. The van der Waals surface area contributed by atoms with E-state index in [-0.39, 0.29) is 6.42 Å². The smallest absolute Gasteiger partial charge is 0.266 e. The first-order valence-corrected chi connectivity index (χ1v) is 7.67. The Kier molecular flexibility index (Phi) is 11.4. The van der Waals surface area contributed by atoms with Crippen molar-refractivity contribution in [3.05, 3.63) is 36.7 Å². The number of anilines is 1. The first-order chi connectivity index (χ1) is 10.0. The second-order valence-corrected chi connectivity index (χ2v) is 4.99. The Morgan fingerprint density at radius 1 is 1.43 bits per heavy atom. The Morgan fingerprint density at radius 3 is 2.67 bits per heavy atom. The van der Waals surface area contributed by atoms with E-state index in [2.05, 4.69) is 23.8 Å². The molecule has 7 heteroatoms. The van der Waals surface area contributed by atoms with Gasteiger partial charge >= 0.3 is 0 Å². The average Bonchev–Trinajstić information content (AvgIpc) is 2.45. The summed E-state index contributed by atoms with van der Waals surface area (Å²) in [6.45, 7) is 6.09. The summed E-state index contributed by atoms with van der Waals surface area (Å²) in [7, 11) is 0. The summed E-state index contributed by atoms with van der Waals surface area (Å²) in [5.41, 5.74) is 0. The molecule has 0 fully saturated rings. The van der Waals surface area contributed by atoms with Crippen molar-refractivity contribution in [3.8, 4) is 0 Å². The summed E-state index contributed by atoms with van der Waals surface area (Å²) < 4.78 is 23.6. The second kappa shape index (κ2) is 12.3. The minimum atomic E-state index is -1.66. The molecule has 2 N–H and O–H groups in total. The van der Waals surface area contributed by atoms with E-state index < -0.39 is 6.08 Å². The van der Waals surface area contributed by atoms with E-state index in [1.807, 2.05) is 6.92 Å². The molecule has 0 spiro atoms. The lowest BCUT2D eigenvalue weighted by Gasteiger charge is -2.12. The van der Waals surface area contributed by atoms with E-state index in [4.69, 9.17) is 5.84 Å². The molecule has 0 unspecified atom stereocenters. The number of rotatable bonds is 6. The number of hydrogen-bond acceptors (Lipinski definition) is 5. The zero-order valence-corrected chi connectivity index (χ0v) is 13.4. The van der Waals surface area contributed by atoms with Crippen molar-refractivity contribution in [3.63, 3.8) is 0 Å². The lowest BCUT2D eigenvalue weighted by Crippen LogP contribution is -2.25. The molecule has 0 atom stereocenters. The number of aromatic nitrogens is 2. The van der Waals surface area contributed by atoms with Crippen LogP contribution in [0.4, 0.5) is 14.6 Å². The maximum Gasteiger partial charge on any atom is 0.266 e. The monoisotopic (exact) mass is 316 g/mol. The number of hydrazine groups is 1. The third kappa shape index (κ3) is 9.97. The van der Waals surface area contributed by atoms with Gasteiger partial charge < -0.3 is 0 Å². The molecule has 1 aromatic heterocycles. The van der Waals surface area contributed by atoms with Crippen molar-refractivity contribution in [2.45, 2.75) is 38.8 Å². The number of nitrogens with two attached hydrogens (primary N) is 1. The van der Waals surface area contributed by atoms with Gasteiger partial charge in [-0.15, -0.1) is 0 Å². The van der Waals surface area contributed by atoms with E-state index in [0.717, 1.165) is 6.08 Å². The maximum atomic E-state index is 11.8. The van der Waals surface area contributed by atoms with Gasteiger partial charge in [-0.3, -0.25) is 5.01 Å². The van der Waals surface area contributed by atoms with Crippen LogP contribution in [0, 0.1) is 0 Å². The molecule has 0 aliphatic rings. The minimum absolute atomic E-state index is 0.280. The molecule has 1 rings (SSSR count). The first-order valence-electron chi connectivity index (χ1n) is 6.68. The standard InChI is InChI=1S/C11H14F2N4S.C3H8/c1-2-7-17(14)10-5-6-15-11(16-10)18-8-3-4-9(12)13;1-3-2/h2,4-7H,3,8,14H2,1H3;3H2,1-2H3/b7-2-;. The van der Waals surface area contributed by atoms with Gasteiger partial charge in [0.2, 0.25) is 0 Å². The van der Waals surface area contributed by atoms with Gasteiger partial charge in [-0.05, 0) is 19.4 Å². The largest absolute Gasteiger partial charge is 0.270 e. The van der Waals surface area contributed by atoms with Crippen LogP contribution in [0.3, 0.4) is 0 Å². The fourth-order valence-corrected chi connectivity index (χ4v) is 1.81. The molecule has 118 valence electrons. The molecule has 0 radical (unpaired) electrons. The summed E-state index contributed by atoms with van der Waals surface area (Å²) in [5, 5.41) is 1.88. The number of halogens is 2. The molecule has 0 aliphatic carbocycles. The van der Waals surface area contributed by atoms with Gasteiger partial charge in [-0.2, -0.15) is 8.78 Å². The SMILES string of the molecule is C/C=C\N(N)c1ccnc(SCCC=C(F)F)n1.CCC. The number of nitrogens with zero attached hydrogens (tertiary/aromatic N) is 3. The van der Waals surface area contributed by atoms with Crippen molar-refractivity contribution in [1.82, 2.24) is 9.97 Å². The van der Waals surface area contributed by atoms with Crippen LogP contribution in [0.1, 0.15) is 33.6 Å². The van der Waals surface area contributed by atoms with E-state index in [9.17, 15) is 8.78 Å². The van der Waals surface area contributed by atoms with Crippen molar-refractivity contribution in [1.29, 1.82) is 0 Å². The van der Waals surface area contributed by atoms with Gasteiger partial charge in [-0.25, -0.2) is 15.8 Å². The normalized spacial score (nSPS) is 10.0. The number of hydrogen-bond donors (Lipinski definition) is 1. The van der Waals surface area contributed by atoms with E-state index in [1.165, 1.54) is 23.2 Å². The molecule has 1 aromatic rings. The third-order valence-corrected chi connectivity index (χ3v) is 2.74. The fourth-order valence-electron chi connectivity index (χ4n) is 1.10. The molecule has 0 aromatic carbocycles. The van der Waals surface area contributed by atoms with Crippen LogP contribution in [0.25, 0.3) is 0 Å². The molecular weight excluding hydrogens is 294 g/mol. The lowest BCUT2D eigenvalue weighted by molar-refractivity contribution is 0.418. The molecule has 0 aliphatic heterocycles. The Morgan fingerprint density at radius 2 is 2.10 bits per heavy atom. The van der Waals surface area contributed by atoms with E-state index in [0.29, 0.717) is 16.7 Å². The maximum absolute atomic E-state index is 11.8. The van der Waals surface area contributed by atoms with Crippen molar-refractivity contribution >= 4 is 17.6 Å². The molecule has 0 saturated heterocycles. The van der Waals surface area contributed by atoms with Gasteiger partial charge in [-0.1, -0.05) is 38.1 Å². The quantitative estimate of drug-likeness (QED) is 0.278. The molecule has 0 bridgehead atoms. The molecule has 0 saturated carbocycles. The summed E-state index contributed by atoms with van der Waals surface area (Å²) >= 11 is 1.31. The Hall–Kier alpha value is -1.47. The van der Waals surface area contributed by atoms with E-state index >= 15 is 0 Å². The Labute approximate surface area is 129 Å². The summed E-state index contributed by atoms with van der Waals surface area (Å²) in [6, 6.07) is 1.67. The van der Waals surface area contributed by atoms with Crippen LogP contribution < -0.4 is 10.9 Å². The van der Waals surface area contributed by atoms with Gasteiger partial charge in [0.05, 0.1) is 0 Å². The molecular formula is C14H22F2N4S. The van der Waals surface area contributed by atoms with Gasteiger partial charge in [0.1, 0.15) is 0 Å². The van der Waals surface area contributed by atoms with Crippen molar-refractivity contribution in [2.75, 3.05) is 10.8 Å². The highest BCUT2D eigenvalue weighted by atomic mass is 32.2. The number of thioether (sulfide) groups is 1. The Bertz CT molecular complexity index is 448. The lowest BCUT2D eigenvalue weighted by atomic mass is 10.5. The third-order valence-electron chi connectivity index (χ3n) is 1.84. The Balaban J connectivity index is 0.00000122. The molecule has 21 heavy (non-hydrogen) atoms. The van der Waals surface area contributed by atoms with Crippen molar-refractivity contribution in [2.24, 2.45) is 5.84 Å². The van der Waals surface area contributed by atoms with Gasteiger partial charge in [0, 0.05) is 24.2 Å². The van der Waals surface area contributed by atoms with Crippen molar-refractivity contribution < 1.29 is 8.78 Å². The zero-order valence-electron chi connectivity index (χ0n) is 12.6. The van der Waals surface area contributed by atoms with Crippen LogP contribution in [0.5, 0.6) is 0 Å². The van der Waals surface area contributed by atoms with Crippen LogP contribution in [0.2, 0.25) is 0 Å². The molecule has 1 heterocycles. The van der Waals surface area contributed by atoms with Crippen LogP contribution >= 0.6 is 11.8 Å². The number of allylic oxidation sites excluding steroid dienone is 2. The highest BCUT2D eigenvalue weighted by Crippen LogP contribution is 2.17. The summed E-state index contributed by atoms with van der Waals surface area (Å²) in [4.78, 5) is 8.24. The topological polar surface area (TPSA) is 55.0 Å². The zero-order chi connectivity index (χ0) is 16.1. The van der Waals surface area contributed by atoms with Gasteiger partial charge in [0.25, 0.3) is 6.08 Å². The summed E-state index contributed by atoms with van der Waals surface area (Å²) in [5.74, 6) is 6.76. The highest BCUT2D eigenvalue weighted by molar-refractivity contribution is 7.99. The predicted molar refractivity (Wildman–Crippen MR) is 85.1 cm³/mol.